The van der Waals surface area contributed by atoms with Gasteiger partial charge in [0.2, 0.25) is 0 Å². The van der Waals surface area contributed by atoms with Crippen LogP contribution in [0.5, 0.6) is 0 Å². The number of aliphatic carboxylic acids is 1. The van der Waals surface area contributed by atoms with Gasteiger partial charge in [-0.2, -0.15) is 0 Å². The summed E-state index contributed by atoms with van der Waals surface area (Å²) in [4.78, 5) is 24.6. The van der Waals surface area contributed by atoms with Crippen LogP contribution in [0.3, 0.4) is 0 Å². The van der Waals surface area contributed by atoms with Gasteiger partial charge in [0.25, 0.3) is 5.91 Å². The maximum atomic E-state index is 12.3. The molecular weight excluding hydrogens is 242 g/mol. The van der Waals surface area contributed by atoms with Gasteiger partial charge in [-0.3, -0.25) is 9.59 Å². The van der Waals surface area contributed by atoms with Gasteiger partial charge >= 0.3 is 5.97 Å². The molecule has 0 fully saturated rings. The maximum absolute atomic E-state index is 12.3. The normalized spacial score (nSPS) is 10.2. The van der Waals surface area contributed by atoms with Crippen LogP contribution in [0, 0.1) is 0 Å². The molecule has 1 aromatic rings. The highest BCUT2D eigenvalue weighted by atomic mass is 16.4. The minimum atomic E-state index is -0.874. The van der Waals surface area contributed by atoms with Crippen molar-refractivity contribution >= 4 is 11.9 Å². The number of benzene rings is 1. The summed E-state index contributed by atoms with van der Waals surface area (Å²) in [5.74, 6) is -0.959. The molecule has 1 amide bonds. The number of unbranched alkanes of at least 4 members (excludes halogenated alkanes) is 2. The highest BCUT2D eigenvalue weighted by Crippen LogP contribution is 2.07. The number of hydrogen-bond donors (Lipinski definition) is 1. The predicted octanol–water partition coefficient (Wildman–Crippen LogP) is 2.79. The Bertz CT molecular complexity index is 403. The number of rotatable bonds is 8. The molecule has 0 saturated carbocycles. The van der Waals surface area contributed by atoms with Crippen LogP contribution in [0.2, 0.25) is 0 Å². The number of carbonyl (C=O) groups excluding carboxylic acids is 1. The fraction of sp³-hybridized carbons (Fsp3) is 0.467. The van der Waals surface area contributed by atoms with Gasteiger partial charge in [-0.15, -0.1) is 0 Å². The minimum Gasteiger partial charge on any atom is -0.481 e. The summed E-state index contributed by atoms with van der Waals surface area (Å²) in [6.07, 6.45) is 3.03. The zero-order chi connectivity index (χ0) is 14.1. The van der Waals surface area contributed by atoms with Gasteiger partial charge in [-0.1, -0.05) is 38.0 Å². The van der Waals surface area contributed by atoms with Crippen molar-refractivity contribution in [3.05, 3.63) is 35.9 Å². The molecule has 0 aromatic heterocycles. The van der Waals surface area contributed by atoms with Gasteiger partial charge in [-0.25, -0.2) is 0 Å². The van der Waals surface area contributed by atoms with Gasteiger partial charge in [0.05, 0.1) is 6.42 Å². The molecule has 0 bridgehead atoms. The molecule has 4 nitrogen and oxygen atoms in total. The van der Waals surface area contributed by atoms with Gasteiger partial charge in [-0.05, 0) is 18.6 Å². The number of carboxylic acid groups (broad SMARTS) is 1. The topological polar surface area (TPSA) is 57.6 Å². The lowest BCUT2D eigenvalue weighted by Crippen LogP contribution is -2.34. The maximum Gasteiger partial charge on any atom is 0.305 e. The molecule has 0 unspecified atom stereocenters. The zero-order valence-corrected chi connectivity index (χ0v) is 11.3. The Balaban J connectivity index is 2.65. The van der Waals surface area contributed by atoms with E-state index in [1.807, 2.05) is 18.2 Å². The minimum absolute atomic E-state index is 0.00923. The molecule has 1 N–H and O–H groups in total. The van der Waals surface area contributed by atoms with E-state index in [0.717, 1.165) is 19.3 Å². The van der Waals surface area contributed by atoms with Gasteiger partial charge in [0, 0.05) is 18.7 Å². The number of nitrogens with zero attached hydrogens (tertiary/aromatic N) is 1. The van der Waals surface area contributed by atoms with Crippen LogP contribution >= 0.6 is 0 Å². The first-order chi connectivity index (χ1) is 9.15. The summed E-state index contributed by atoms with van der Waals surface area (Å²) >= 11 is 0. The van der Waals surface area contributed by atoms with Gasteiger partial charge in [0.15, 0.2) is 0 Å². The van der Waals surface area contributed by atoms with Gasteiger partial charge in [0.1, 0.15) is 0 Å². The molecule has 0 radical (unpaired) electrons. The van der Waals surface area contributed by atoms with Crippen LogP contribution in [0.4, 0.5) is 0 Å². The first-order valence-electron chi connectivity index (χ1n) is 6.71. The van der Waals surface area contributed by atoms with Crippen molar-refractivity contribution < 1.29 is 14.7 Å². The van der Waals surface area contributed by atoms with Crippen molar-refractivity contribution in [1.82, 2.24) is 4.90 Å². The van der Waals surface area contributed by atoms with Crippen molar-refractivity contribution in [1.29, 1.82) is 0 Å². The lowest BCUT2D eigenvalue weighted by molar-refractivity contribution is -0.137. The number of amides is 1. The third kappa shape index (κ3) is 5.55. The average molecular weight is 263 g/mol. The lowest BCUT2D eigenvalue weighted by Gasteiger charge is -2.22. The van der Waals surface area contributed by atoms with Gasteiger partial charge < -0.3 is 10.0 Å². The standard InChI is InChI=1S/C15H21NO3/c1-2-3-7-11-16(12-10-14(17)18)15(19)13-8-5-4-6-9-13/h4-6,8-9H,2-3,7,10-12H2,1H3,(H,17,18). The molecule has 0 aliphatic rings. The molecule has 1 rings (SSSR count). The zero-order valence-electron chi connectivity index (χ0n) is 11.3. The average Bonchev–Trinajstić information content (AvgIpc) is 2.42. The summed E-state index contributed by atoms with van der Waals surface area (Å²) in [7, 11) is 0. The van der Waals surface area contributed by atoms with E-state index in [9.17, 15) is 9.59 Å². The molecule has 4 heteroatoms. The van der Waals surface area contributed by atoms with Crippen molar-refractivity contribution in [2.75, 3.05) is 13.1 Å². The van der Waals surface area contributed by atoms with E-state index in [-0.39, 0.29) is 18.9 Å². The van der Waals surface area contributed by atoms with Crippen LogP contribution in [0.1, 0.15) is 43.0 Å². The first-order valence-corrected chi connectivity index (χ1v) is 6.71. The van der Waals surface area contributed by atoms with Crippen LogP contribution in [-0.4, -0.2) is 35.0 Å². The number of carbonyl (C=O) groups is 2. The van der Waals surface area contributed by atoms with E-state index in [0.29, 0.717) is 12.1 Å². The predicted molar refractivity (Wildman–Crippen MR) is 74.1 cm³/mol. The second kappa shape index (κ2) is 8.29. The second-order valence-electron chi connectivity index (χ2n) is 4.51. The number of carboxylic acids is 1. The smallest absolute Gasteiger partial charge is 0.305 e. The molecule has 0 heterocycles. The summed E-state index contributed by atoms with van der Waals surface area (Å²) in [5, 5.41) is 8.75. The lowest BCUT2D eigenvalue weighted by atomic mass is 10.1. The Hall–Kier alpha value is -1.84. The van der Waals surface area contributed by atoms with E-state index in [1.165, 1.54) is 0 Å². The molecule has 104 valence electrons. The summed E-state index contributed by atoms with van der Waals surface area (Å²) in [6.45, 7) is 2.99. The largest absolute Gasteiger partial charge is 0.481 e. The third-order valence-electron chi connectivity index (χ3n) is 2.94. The number of hydrogen-bond acceptors (Lipinski definition) is 2. The quantitative estimate of drug-likeness (QED) is 0.734. The SMILES string of the molecule is CCCCCN(CCC(=O)O)C(=O)c1ccccc1. The van der Waals surface area contributed by atoms with E-state index >= 15 is 0 Å². The summed E-state index contributed by atoms with van der Waals surface area (Å²) in [6, 6.07) is 9.00. The highest BCUT2D eigenvalue weighted by Gasteiger charge is 2.15. The Morgan fingerprint density at radius 3 is 2.37 bits per heavy atom. The van der Waals surface area contributed by atoms with Crippen LogP contribution < -0.4 is 0 Å². The van der Waals surface area contributed by atoms with Crippen LogP contribution in [0.25, 0.3) is 0 Å². The fourth-order valence-corrected chi connectivity index (χ4v) is 1.86. The Morgan fingerprint density at radius 2 is 1.79 bits per heavy atom. The Labute approximate surface area is 114 Å². The van der Waals surface area contributed by atoms with Crippen LogP contribution in [-0.2, 0) is 4.79 Å². The van der Waals surface area contributed by atoms with E-state index in [4.69, 9.17) is 5.11 Å². The molecule has 0 saturated heterocycles. The van der Waals surface area contributed by atoms with Crippen molar-refractivity contribution in [2.45, 2.75) is 32.6 Å². The van der Waals surface area contributed by atoms with E-state index in [1.54, 1.807) is 17.0 Å². The Kier molecular flexibility index (Phi) is 6.64. The van der Waals surface area contributed by atoms with E-state index < -0.39 is 5.97 Å². The van der Waals surface area contributed by atoms with Crippen molar-refractivity contribution in [3.63, 3.8) is 0 Å². The Morgan fingerprint density at radius 1 is 1.11 bits per heavy atom. The summed E-state index contributed by atoms with van der Waals surface area (Å²) in [5.41, 5.74) is 0.615. The van der Waals surface area contributed by atoms with Crippen LogP contribution in [0.15, 0.2) is 30.3 Å². The molecule has 1 aromatic carbocycles. The highest BCUT2D eigenvalue weighted by molar-refractivity contribution is 5.94. The fourth-order valence-electron chi connectivity index (χ4n) is 1.86. The van der Waals surface area contributed by atoms with Crippen molar-refractivity contribution in [2.24, 2.45) is 0 Å². The second-order valence-corrected chi connectivity index (χ2v) is 4.51. The third-order valence-corrected chi connectivity index (χ3v) is 2.94. The molecular formula is C15H21NO3. The monoisotopic (exact) mass is 263 g/mol. The summed E-state index contributed by atoms with van der Waals surface area (Å²) < 4.78 is 0. The molecule has 19 heavy (non-hydrogen) atoms. The molecule has 0 atom stereocenters. The van der Waals surface area contributed by atoms with Crippen molar-refractivity contribution in [3.8, 4) is 0 Å². The molecule has 0 aliphatic heterocycles. The first kappa shape index (κ1) is 15.2. The molecule has 0 aliphatic carbocycles. The molecule has 0 spiro atoms. The van der Waals surface area contributed by atoms with E-state index in [2.05, 4.69) is 6.92 Å².